The minimum Gasteiger partial charge on any atom is -0.456 e. The van der Waals surface area contributed by atoms with Crippen molar-refractivity contribution in [2.24, 2.45) is 5.16 Å². The number of nitro benzene ring substituents is 1. The highest BCUT2D eigenvalue weighted by molar-refractivity contribution is 9.09. The Hall–Kier alpha value is -3.26. The van der Waals surface area contributed by atoms with E-state index in [0.717, 1.165) is 0 Å². The molecule has 1 fully saturated rings. The second kappa shape index (κ2) is 10.1. The van der Waals surface area contributed by atoms with E-state index in [1.807, 2.05) is 0 Å². The first kappa shape index (κ1) is 24.4. The Balaban J connectivity index is 1.66. The van der Waals surface area contributed by atoms with E-state index < -0.39 is 45.6 Å². The van der Waals surface area contributed by atoms with Gasteiger partial charge in [-0.15, -0.1) is 11.8 Å². The molecular formula is C19H17BrN4O8S. The molecule has 14 heteroatoms. The SMILES string of the molecule is CC1C=C(C(=O)OCc2ccc([N+](=O)[O-])cc2)N2C(=O)C(NC(=O)C(=NO)C(=O)CBr)[C@@H]2S1. The molecule has 1 saturated heterocycles. The maximum atomic E-state index is 12.7. The molecule has 2 aliphatic heterocycles. The number of halogens is 1. The third-order valence-corrected chi connectivity index (χ3v) is 6.60. The van der Waals surface area contributed by atoms with E-state index in [9.17, 15) is 29.3 Å². The van der Waals surface area contributed by atoms with E-state index in [1.165, 1.54) is 40.9 Å². The summed E-state index contributed by atoms with van der Waals surface area (Å²) in [5.41, 5.74) is -0.307. The molecule has 2 heterocycles. The standard InChI is InChI=1S/C19H17BrN4O8S/c1-9-6-12(19(28)32-8-10-2-4-11(5-3-10)24(30)31)23-17(27)15(18(23)33-9)21-16(26)14(22-29)13(25)7-20/h2-6,9,15,18,29H,7-8H2,1H3,(H,21,26)/t9?,15?,18-/m0/s1. The van der Waals surface area contributed by atoms with Gasteiger partial charge in [-0.2, -0.15) is 0 Å². The lowest BCUT2D eigenvalue weighted by Gasteiger charge is -2.49. The van der Waals surface area contributed by atoms with Crippen molar-refractivity contribution in [2.45, 2.75) is 30.2 Å². The molecule has 0 bridgehead atoms. The molecule has 2 amide bonds. The highest BCUT2D eigenvalue weighted by Gasteiger charge is 2.54. The number of fused-ring (bicyclic) bond motifs is 1. The molecule has 33 heavy (non-hydrogen) atoms. The molecule has 2 aliphatic rings. The molecule has 0 radical (unpaired) electrons. The van der Waals surface area contributed by atoms with Crippen LogP contribution in [0.25, 0.3) is 0 Å². The van der Waals surface area contributed by atoms with Gasteiger partial charge in [0.15, 0.2) is 0 Å². The van der Waals surface area contributed by atoms with Gasteiger partial charge in [0, 0.05) is 17.4 Å². The molecule has 3 rings (SSSR count). The minimum atomic E-state index is -1.03. The van der Waals surface area contributed by atoms with Crippen LogP contribution < -0.4 is 5.32 Å². The second-order valence-electron chi connectivity index (χ2n) is 6.95. The zero-order chi connectivity index (χ0) is 24.3. The smallest absolute Gasteiger partial charge is 0.355 e. The topological polar surface area (TPSA) is 169 Å². The van der Waals surface area contributed by atoms with Gasteiger partial charge in [-0.25, -0.2) is 4.79 Å². The van der Waals surface area contributed by atoms with Gasteiger partial charge < -0.3 is 15.3 Å². The monoisotopic (exact) mass is 540 g/mol. The van der Waals surface area contributed by atoms with Crippen molar-refractivity contribution in [2.75, 3.05) is 5.33 Å². The zero-order valence-corrected chi connectivity index (χ0v) is 19.4. The average Bonchev–Trinajstić information content (AvgIpc) is 2.80. The van der Waals surface area contributed by atoms with E-state index in [2.05, 4.69) is 26.4 Å². The predicted molar refractivity (Wildman–Crippen MR) is 119 cm³/mol. The van der Waals surface area contributed by atoms with Crippen molar-refractivity contribution in [1.82, 2.24) is 10.2 Å². The summed E-state index contributed by atoms with van der Waals surface area (Å²) >= 11 is 4.18. The number of rotatable bonds is 8. The summed E-state index contributed by atoms with van der Waals surface area (Å²) in [5, 5.41) is 23.7. The largest absolute Gasteiger partial charge is 0.456 e. The molecule has 2 unspecified atom stereocenters. The number of non-ortho nitro benzene ring substituents is 1. The fourth-order valence-electron chi connectivity index (χ4n) is 3.16. The Kier molecular flexibility index (Phi) is 7.48. The zero-order valence-electron chi connectivity index (χ0n) is 17.0. The van der Waals surface area contributed by atoms with Crippen LogP contribution in [0.4, 0.5) is 5.69 Å². The van der Waals surface area contributed by atoms with Crippen LogP contribution in [0.2, 0.25) is 0 Å². The van der Waals surface area contributed by atoms with Crippen molar-refractivity contribution in [3.63, 3.8) is 0 Å². The number of nitrogens with zero attached hydrogens (tertiary/aromatic N) is 3. The highest BCUT2D eigenvalue weighted by atomic mass is 79.9. The van der Waals surface area contributed by atoms with Gasteiger partial charge in [0.2, 0.25) is 11.5 Å². The van der Waals surface area contributed by atoms with Crippen molar-refractivity contribution in [3.05, 3.63) is 51.7 Å². The average molecular weight is 541 g/mol. The van der Waals surface area contributed by atoms with Crippen molar-refractivity contribution < 1.29 is 34.0 Å². The van der Waals surface area contributed by atoms with Crippen LogP contribution in [0, 0.1) is 10.1 Å². The number of ether oxygens (including phenoxy) is 1. The number of amides is 2. The summed E-state index contributed by atoms with van der Waals surface area (Å²) in [6.45, 7) is 1.63. The quantitative estimate of drug-likeness (QED) is 0.0716. The van der Waals surface area contributed by atoms with E-state index >= 15 is 0 Å². The predicted octanol–water partition coefficient (Wildman–Crippen LogP) is 1.10. The molecule has 174 valence electrons. The number of hydrogen-bond donors (Lipinski definition) is 2. The Morgan fingerprint density at radius 2 is 2.00 bits per heavy atom. The number of Topliss-reactive ketones (excluding diaryl/α,β-unsaturated/α-hetero) is 1. The van der Waals surface area contributed by atoms with Gasteiger partial charge in [0.25, 0.3) is 17.5 Å². The Morgan fingerprint density at radius 1 is 1.33 bits per heavy atom. The number of thioether (sulfide) groups is 1. The minimum absolute atomic E-state index is 0.0104. The van der Waals surface area contributed by atoms with Gasteiger partial charge in [0.05, 0.1) is 10.3 Å². The maximum absolute atomic E-state index is 12.7. The molecular weight excluding hydrogens is 524 g/mol. The number of nitrogens with one attached hydrogen (secondary N) is 1. The molecule has 0 spiro atoms. The number of alkyl halides is 1. The normalized spacial score (nSPS) is 21.9. The van der Waals surface area contributed by atoms with Crippen molar-refractivity contribution >= 4 is 62.7 Å². The first-order valence-corrected chi connectivity index (χ1v) is 11.5. The number of ketones is 1. The summed E-state index contributed by atoms with van der Waals surface area (Å²) in [7, 11) is 0. The molecule has 0 aliphatic carbocycles. The van der Waals surface area contributed by atoms with Gasteiger partial charge in [-0.1, -0.05) is 21.1 Å². The second-order valence-corrected chi connectivity index (χ2v) is 9.01. The first-order chi connectivity index (χ1) is 15.7. The van der Waals surface area contributed by atoms with E-state index in [-0.39, 0.29) is 28.6 Å². The van der Waals surface area contributed by atoms with Gasteiger partial charge in [0.1, 0.15) is 23.7 Å². The number of esters is 1. The van der Waals surface area contributed by atoms with Crippen LogP contribution in [0.3, 0.4) is 0 Å². The molecule has 0 saturated carbocycles. The maximum Gasteiger partial charge on any atom is 0.355 e. The van der Waals surface area contributed by atoms with Crippen LogP contribution in [-0.4, -0.2) is 66.3 Å². The number of benzene rings is 1. The van der Waals surface area contributed by atoms with Gasteiger partial charge in [-0.05, 0) is 30.7 Å². The molecule has 2 N–H and O–H groups in total. The lowest BCUT2D eigenvalue weighted by atomic mass is 10.0. The van der Waals surface area contributed by atoms with Crippen LogP contribution in [0.1, 0.15) is 12.5 Å². The van der Waals surface area contributed by atoms with Gasteiger partial charge in [-0.3, -0.25) is 29.4 Å². The summed E-state index contributed by atoms with van der Waals surface area (Å²) in [6, 6.07) is 4.45. The fraction of sp³-hybridized carbons (Fsp3) is 0.316. The number of hydrogen-bond acceptors (Lipinski definition) is 10. The van der Waals surface area contributed by atoms with Crippen LogP contribution in [0.15, 0.2) is 41.2 Å². The summed E-state index contributed by atoms with van der Waals surface area (Å²) in [4.78, 5) is 60.6. The molecule has 1 aromatic carbocycles. The Morgan fingerprint density at radius 3 is 2.58 bits per heavy atom. The third kappa shape index (κ3) is 5.06. The Bertz CT molecular complexity index is 1070. The summed E-state index contributed by atoms with van der Waals surface area (Å²) in [5.74, 6) is -3.13. The number of carbonyl (C=O) groups excluding carboxylic acids is 4. The fourth-order valence-corrected chi connectivity index (χ4v) is 4.75. The third-order valence-electron chi connectivity index (χ3n) is 4.76. The summed E-state index contributed by atoms with van der Waals surface area (Å²) < 4.78 is 5.27. The van der Waals surface area contributed by atoms with Crippen LogP contribution in [0.5, 0.6) is 0 Å². The molecule has 3 atom stereocenters. The number of β-lactam (4-membered cyclic amide) rings is 1. The molecule has 1 aromatic rings. The van der Waals surface area contributed by atoms with Crippen molar-refractivity contribution in [3.8, 4) is 0 Å². The molecule has 12 nitrogen and oxygen atoms in total. The first-order valence-electron chi connectivity index (χ1n) is 9.40. The van der Waals surface area contributed by atoms with E-state index in [1.54, 1.807) is 13.0 Å². The number of oxime groups is 1. The highest BCUT2D eigenvalue weighted by Crippen LogP contribution is 2.41. The van der Waals surface area contributed by atoms with Crippen LogP contribution >= 0.6 is 27.7 Å². The molecule has 0 aromatic heterocycles. The number of nitro groups is 1. The van der Waals surface area contributed by atoms with Crippen molar-refractivity contribution in [1.29, 1.82) is 0 Å². The number of carbonyl (C=O) groups is 4. The lowest BCUT2D eigenvalue weighted by molar-refractivity contribution is -0.384. The van der Waals surface area contributed by atoms with Crippen LogP contribution in [-0.2, 0) is 30.5 Å². The van der Waals surface area contributed by atoms with E-state index in [4.69, 9.17) is 9.94 Å². The van der Waals surface area contributed by atoms with E-state index in [0.29, 0.717) is 5.56 Å². The van der Waals surface area contributed by atoms with Gasteiger partial charge >= 0.3 is 5.97 Å². The summed E-state index contributed by atoms with van der Waals surface area (Å²) in [6.07, 6.45) is 1.56. The Labute approximate surface area is 199 Å². The lowest BCUT2D eigenvalue weighted by Crippen LogP contribution is -2.71.